The number of fused-ring (bicyclic) bond motifs is 1. The Labute approximate surface area is 119 Å². The topological polar surface area (TPSA) is 48.1 Å². The highest BCUT2D eigenvalue weighted by atomic mass is 79.9. The lowest BCUT2D eigenvalue weighted by atomic mass is 10.1. The van der Waals surface area contributed by atoms with Gasteiger partial charge in [-0.1, -0.05) is 30.3 Å². The predicted octanol–water partition coefficient (Wildman–Crippen LogP) is 4.37. The number of halogens is 1. The van der Waals surface area contributed by atoms with Crippen LogP contribution in [0.3, 0.4) is 0 Å². The lowest BCUT2D eigenvalue weighted by Gasteiger charge is -2.09. The Bertz CT molecular complexity index is 726. The quantitative estimate of drug-likeness (QED) is 0.764. The molecule has 0 aliphatic rings. The minimum absolute atomic E-state index is 0.519. The Kier molecular flexibility index (Phi) is 3.09. The zero-order valence-corrected chi connectivity index (χ0v) is 11.6. The monoisotopic (exact) mass is 314 g/mol. The summed E-state index contributed by atoms with van der Waals surface area (Å²) in [7, 11) is 0. The van der Waals surface area contributed by atoms with Gasteiger partial charge in [-0.25, -0.2) is 4.98 Å². The van der Waals surface area contributed by atoms with E-state index in [0.29, 0.717) is 11.6 Å². The van der Waals surface area contributed by atoms with Crippen LogP contribution in [0.5, 0.6) is 11.6 Å². The first-order valence-electron chi connectivity index (χ1n) is 5.81. The molecule has 2 aromatic carbocycles. The minimum Gasteiger partial charge on any atom is -0.438 e. The molecular formula is C15H11BrN2O. The van der Waals surface area contributed by atoms with Crippen LogP contribution in [-0.4, -0.2) is 4.98 Å². The van der Waals surface area contributed by atoms with Crippen LogP contribution in [0.15, 0.2) is 59.2 Å². The molecule has 94 valence electrons. The molecule has 2 N–H and O–H groups in total. The predicted molar refractivity (Wildman–Crippen MR) is 80.4 cm³/mol. The second-order valence-corrected chi connectivity index (χ2v) is 4.92. The summed E-state index contributed by atoms with van der Waals surface area (Å²) in [6, 6.07) is 15.6. The molecule has 3 rings (SSSR count). The Morgan fingerprint density at radius 1 is 1.00 bits per heavy atom. The van der Waals surface area contributed by atoms with Crippen molar-refractivity contribution in [1.29, 1.82) is 0 Å². The minimum atomic E-state index is 0.519. The number of nitrogens with two attached hydrogens (primary N) is 1. The van der Waals surface area contributed by atoms with Gasteiger partial charge in [0.2, 0.25) is 5.88 Å². The van der Waals surface area contributed by atoms with Crippen molar-refractivity contribution in [3.8, 4) is 11.6 Å². The van der Waals surface area contributed by atoms with Crippen molar-refractivity contribution >= 4 is 32.4 Å². The van der Waals surface area contributed by atoms with E-state index in [1.54, 1.807) is 18.3 Å². The molecule has 0 amide bonds. The molecule has 1 aromatic heterocycles. The van der Waals surface area contributed by atoms with Crippen LogP contribution in [0, 0.1) is 0 Å². The van der Waals surface area contributed by atoms with Crippen LogP contribution in [-0.2, 0) is 0 Å². The summed E-state index contributed by atoms with van der Waals surface area (Å²) in [6.45, 7) is 0. The molecule has 0 radical (unpaired) electrons. The number of aromatic nitrogens is 1. The number of nitrogens with zero attached hydrogens (tertiary/aromatic N) is 1. The molecule has 0 saturated heterocycles. The van der Waals surface area contributed by atoms with Gasteiger partial charge < -0.3 is 10.5 Å². The van der Waals surface area contributed by atoms with Crippen LogP contribution >= 0.6 is 15.9 Å². The molecule has 0 spiro atoms. The van der Waals surface area contributed by atoms with E-state index in [-0.39, 0.29) is 0 Å². The van der Waals surface area contributed by atoms with Gasteiger partial charge >= 0.3 is 0 Å². The average molecular weight is 315 g/mol. The molecule has 4 heteroatoms. The van der Waals surface area contributed by atoms with E-state index in [4.69, 9.17) is 10.5 Å². The third-order valence-electron chi connectivity index (χ3n) is 2.80. The maximum absolute atomic E-state index is 5.76. The first-order valence-corrected chi connectivity index (χ1v) is 6.60. The lowest BCUT2D eigenvalue weighted by molar-refractivity contribution is 0.461. The zero-order chi connectivity index (χ0) is 13.2. The van der Waals surface area contributed by atoms with Crippen LogP contribution in [0.2, 0.25) is 0 Å². The number of benzene rings is 2. The Balaban J connectivity index is 2.01. The fraction of sp³-hybridized carbons (Fsp3) is 0. The van der Waals surface area contributed by atoms with Crippen molar-refractivity contribution in [3.05, 3.63) is 59.2 Å². The number of ether oxygens (including phenoxy) is 1. The second kappa shape index (κ2) is 4.90. The second-order valence-electron chi connectivity index (χ2n) is 4.13. The summed E-state index contributed by atoms with van der Waals surface area (Å²) in [4.78, 5) is 4.13. The maximum atomic E-state index is 5.76. The van der Waals surface area contributed by atoms with Gasteiger partial charge in [-0.2, -0.15) is 0 Å². The normalized spacial score (nSPS) is 10.6. The molecule has 3 aromatic rings. The lowest BCUT2D eigenvalue weighted by Crippen LogP contribution is -1.91. The van der Waals surface area contributed by atoms with Crippen molar-refractivity contribution in [1.82, 2.24) is 4.98 Å². The van der Waals surface area contributed by atoms with E-state index in [1.165, 1.54) is 0 Å². The van der Waals surface area contributed by atoms with Gasteiger partial charge in [0.05, 0.1) is 16.4 Å². The van der Waals surface area contributed by atoms with Crippen molar-refractivity contribution in [2.45, 2.75) is 0 Å². The highest BCUT2D eigenvalue weighted by Crippen LogP contribution is 2.35. The van der Waals surface area contributed by atoms with Crippen LogP contribution < -0.4 is 10.5 Å². The van der Waals surface area contributed by atoms with Crippen molar-refractivity contribution in [3.63, 3.8) is 0 Å². The van der Waals surface area contributed by atoms with Gasteiger partial charge in [0.15, 0.2) is 0 Å². The third-order valence-corrected chi connectivity index (χ3v) is 3.62. The van der Waals surface area contributed by atoms with E-state index in [2.05, 4.69) is 27.0 Å². The molecule has 19 heavy (non-hydrogen) atoms. The van der Waals surface area contributed by atoms with Crippen LogP contribution in [0.4, 0.5) is 5.69 Å². The molecule has 0 fully saturated rings. The van der Waals surface area contributed by atoms with Crippen molar-refractivity contribution in [2.24, 2.45) is 0 Å². The van der Waals surface area contributed by atoms with Crippen LogP contribution in [0.25, 0.3) is 10.8 Å². The van der Waals surface area contributed by atoms with Crippen molar-refractivity contribution < 1.29 is 4.74 Å². The first-order chi connectivity index (χ1) is 9.24. The zero-order valence-electron chi connectivity index (χ0n) is 10.0. The summed E-state index contributed by atoms with van der Waals surface area (Å²) in [5.41, 5.74) is 6.21. The van der Waals surface area contributed by atoms with E-state index in [0.717, 1.165) is 21.0 Å². The third kappa shape index (κ3) is 2.39. The van der Waals surface area contributed by atoms with Crippen molar-refractivity contribution in [2.75, 3.05) is 5.73 Å². The molecule has 0 aliphatic carbocycles. The summed E-state index contributed by atoms with van der Waals surface area (Å²) in [5.74, 6) is 1.25. The Morgan fingerprint density at radius 3 is 2.63 bits per heavy atom. The van der Waals surface area contributed by atoms with E-state index >= 15 is 0 Å². The summed E-state index contributed by atoms with van der Waals surface area (Å²) >= 11 is 3.58. The fourth-order valence-corrected chi connectivity index (χ4v) is 2.43. The number of rotatable bonds is 2. The van der Waals surface area contributed by atoms with E-state index in [9.17, 15) is 0 Å². The number of hydrogen-bond acceptors (Lipinski definition) is 3. The Morgan fingerprint density at radius 2 is 1.84 bits per heavy atom. The maximum Gasteiger partial charge on any atom is 0.219 e. The van der Waals surface area contributed by atoms with E-state index in [1.807, 2.05) is 30.3 Å². The summed E-state index contributed by atoms with van der Waals surface area (Å²) < 4.78 is 6.68. The molecule has 3 nitrogen and oxygen atoms in total. The SMILES string of the molecule is Nc1ccc(Oc2ccc3ccccc3c2Br)nc1. The van der Waals surface area contributed by atoms with Gasteiger partial charge in [0.25, 0.3) is 0 Å². The number of pyridine rings is 1. The largest absolute Gasteiger partial charge is 0.438 e. The smallest absolute Gasteiger partial charge is 0.219 e. The van der Waals surface area contributed by atoms with Gasteiger partial charge in [-0.3, -0.25) is 0 Å². The van der Waals surface area contributed by atoms with Gasteiger partial charge in [0, 0.05) is 6.07 Å². The van der Waals surface area contributed by atoms with Gasteiger partial charge in [0.1, 0.15) is 5.75 Å². The molecule has 0 unspecified atom stereocenters. The first kappa shape index (κ1) is 12.0. The molecule has 1 heterocycles. The van der Waals surface area contributed by atoms with Crippen LogP contribution in [0.1, 0.15) is 0 Å². The summed E-state index contributed by atoms with van der Waals surface area (Å²) in [5, 5.41) is 2.27. The highest BCUT2D eigenvalue weighted by Gasteiger charge is 2.07. The van der Waals surface area contributed by atoms with E-state index < -0.39 is 0 Å². The molecule has 0 aliphatic heterocycles. The number of anilines is 1. The van der Waals surface area contributed by atoms with Gasteiger partial charge in [-0.15, -0.1) is 0 Å². The number of nitrogen functional groups attached to an aromatic ring is 1. The average Bonchev–Trinajstić information content (AvgIpc) is 2.45. The standard InChI is InChI=1S/C15H11BrN2O/c16-15-12-4-2-1-3-10(12)5-7-13(15)19-14-8-6-11(17)9-18-14/h1-9H,17H2. The van der Waals surface area contributed by atoms with Gasteiger partial charge in [-0.05, 0) is 38.8 Å². The molecular weight excluding hydrogens is 304 g/mol. The Hall–Kier alpha value is -2.07. The number of hydrogen-bond donors (Lipinski definition) is 1. The summed E-state index contributed by atoms with van der Waals surface area (Å²) in [6.07, 6.45) is 1.57. The fourth-order valence-electron chi connectivity index (χ4n) is 1.86. The molecule has 0 bridgehead atoms. The molecule has 0 atom stereocenters. The highest BCUT2D eigenvalue weighted by molar-refractivity contribution is 9.10. The molecule has 0 saturated carbocycles.